The summed E-state index contributed by atoms with van der Waals surface area (Å²) in [4.78, 5) is 14.3. The van der Waals surface area contributed by atoms with E-state index in [1.165, 1.54) is 0 Å². The summed E-state index contributed by atoms with van der Waals surface area (Å²) in [5.74, 6) is 3.32. The average molecular weight is 436 g/mol. The van der Waals surface area contributed by atoms with Gasteiger partial charge in [-0.1, -0.05) is 32.1 Å². The number of benzene rings is 1. The van der Waals surface area contributed by atoms with Crippen LogP contribution >= 0.6 is 0 Å². The predicted octanol–water partition coefficient (Wildman–Crippen LogP) is 4.41. The average Bonchev–Trinajstić information content (AvgIpc) is 3.34. The molecule has 3 saturated carbocycles. The van der Waals surface area contributed by atoms with Gasteiger partial charge in [0.25, 0.3) is 0 Å². The van der Waals surface area contributed by atoms with E-state index < -0.39 is 6.10 Å². The molecule has 1 N–H and O–H groups in total. The van der Waals surface area contributed by atoms with E-state index in [1.54, 1.807) is 6.08 Å². The van der Waals surface area contributed by atoms with Crippen LogP contribution in [0.3, 0.4) is 0 Å². The minimum Gasteiger partial charge on any atom is -0.454 e. The number of ether oxygens (including phenoxy) is 2. The zero-order chi connectivity index (χ0) is 22.3. The summed E-state index contributed by atoms with van der Waals surface area (Å²) in [6, 6.07) is 6.31. The lowest BCUT2D eigenvalue weighted by molar-refractivity contribution is -0.140. The van der Waals surface area contributed by atoms with Gasteiger partial charge in [-0.25, -0.2) is 0 Å². The quantitative estimate of drug-likeness (QED) is 0.710. The van der Waals surface area contributed by atoms with Crippen molar-refractivity contribution < 1.29 is 19.4 Å². The van der Waals surface area contributed by atoms with Gasteiger partial charge in [0.15, 0.2) is 11.5 Å². The van der Waals surface area contributed by atoms with Gasteiger partial charge in [-0.2, -0.15) is 0 Å². The second-order valence-electron chi connectivity index (χ2n) is 11.1. The van der Waals surface area contributed by atoms with Gasteiger partial charge in [0.1, 0.15) is 0 Å². The predicted molar refractivity (Wildman–Crippen MR) is 122 cm³/mol. The van der Waals surface area contributed by atoms with Crippen molar-refractivity contribution in [3.8, 4) is 11.5 Å². The first-order valence-electron chi connectivity index (χ1n) is 12.1. The molecule has 5 heteroatoms. The molecule has 0 spiro atoms. The Labute approximate surface area is 190 Å². The van der Waals surface area contributed by atoms with E-state index in [9.17, 15) is 9.90 Å². The molecule has 32 heavy (non-hydrogen) atoms. The zero-order valence-electron chi connectivity index (χ0n) is 19.2. The molecule has 170 valence electrons. The highest BCUT2D eigenvalue weighted by Gasteiger charge is 2.61. The molecule has 0 saturated heterocycles. The molecule has 0 bridgehead atoms. The lowest BCUT2D eigenvalue weighted by Gasteiger charge is -2.59. The third kappa shape index (κ3) is 2.70. The number of rotatable bonds is 1. The fourth-order valence-corrected chi connectivity index (χ4v) is 7.95. The molecule has 6 rings (SSSR count). The minimum absolute atomic E-state index is 0.0294. The second-order valence-corrected chi connectivity index (χ2v) is 11.1. The van der Waals surface area contributed by atoms with Crippen LogP contribution in [0.15, 0.2) is 35.9 Å². The van der Waals surface area contributed by atoms with Crippen molar-refractivity contribution in [1.29, 1.82) is 0 Å². The van der Waals surface area contributed by atoms with E-state index >= 15 is 0 Å². The van der Waals surface area contributed by atoms with E-state index in [0.29, 0.717) is 23.8 Å². The van der Waals surface area contributed by atoms with Gasteiger partial charge in [-0.3, -0.25) is 4.79 Å². The molecule has 1 aromatic rings. The van der Waals surface area contributed by atoms with Crippen LogP contribution in [0.25, 0.3) is 6.08 Å². The maximum atomic E-state index is 12.3. The van der Waals surface area contributed by atoms with E-state index in [2.05, 4.69) is 26.0 Å². The Morgan fingerprint density at radius 1 is 1.12 bits per heavy atom. The van der Waals surface area contributed by atoms with Crippen LogP contribution in [0.5, 0.6) is 11.5 Å². The molecule has 7 atom stereocenters. The molecule has 0 radical (unpaired) electrons. The van der Waals surface area contributed by atoms with Gasteiger partial charge in [0.05, 0.1) is 6.10 Å². The van der Waals surface area contributed by atoms with Crippen LogP contribution in [0, 0.1) is 28.6 Å². The highest BCUT2D eigenvalue weighted by molar-refractivity contribution is 5.89. The van der Waals surface area contributed by atoms with Crippen LogP contribution in [0.4, 0.5) is 0 Å². The summed E-state index contributed by atoms with van der Waals surface area (Å²) >= 11 is 0. The molecule has 3 fully saturated rings. The zero-order valence-corrected chi connectivity index (χ0v) is 19.2. The lowest BCUT2D eigenvalue weighted by atomic mass is 9.48. The summed E-state index contributed by atoms with van der Waals surface area (Å²) < 4.78 is 11.0. The fourth-order valence-electron chi connectivity index (χ4n) is 7.95. The van der Waals surface area contributed by atoms with Crippen LogP contribution in [0.2, 0.25) is 0 Å². The molecule has 0 unspecified atom stereocenters. The third-order valence-electron chi connectivity index (χ3n) is 9.75. The number of carbonyl (C=O) groups is 1. The van der Waals surface area contributed by atoms with Crippen LogP contribution in [0.1, 0.15) is 51.5 Å². The van der Waals surface area contributed by atoms with Crippen molar-refractivity contribution in [3.63, 3.8) is 0 Å². The van der Waals surface area contributed by atoms with E-state index in [0.717, 1.165) is 54.7 Å². The van der Waals surface area contributed by atoms with Crippen LogP contribution in [-0.2, 0) is 4.79 Å². The Hall–Kier alpha value is -2.27. The first kappa shape index (κ1) is 20.3. The SMILES string of the molecule is CN1C(=O)C=C[C@]2(C)[C@H]3CC[C@]4(C)[C@@H](O)/C(=C/c5ccc6c(c5)OCO6)C[C@H]4[C@@H]3CC[C@@H]12. The van der Waals surface area contributed by atoms with Gasteiger partial charge in [-0.05, 0) is 79.2 Å². The Morgan fingerprint density at radius 3 is 2.78 bits per heavy atom. The molecule has 5 nitrogen and oxygen atoms in total. The monoisotopic (exact) mass is 435 g/mol. The van der Waals surface area contributed by atoms with Crippen LogP contribution in [-0.4, -0.2) is 41.9 Å². The van der Waals surface area contributed by atoms with Crippen molar-refractivity contribution in [1.82, 2.24) is 4.90 Å². The summed E-state index contributed by atoms with van der Waals surface area (Å²) in [6.07, 6.45) is 11.1. The van der Waals surface area contributed by atoms with Gasteiger partial charge in [0.2, 0.25) is 12.7 Å². The molecule has 1 amide bonds. The number of likely N-dealkylation sites (N-methyl/N-ethyl adjacent to an activating group) is 1. The van der Waals surface area contributed by atoms with Gasteiger partial charge in [0, 0.05) is 23.9 Å². The minimum atomic E-state index is -0.407. The van der Waals surface area contributed by atoms with Gasteiger partial charge >= 0.3 is 0 Å². The van der Waals surface area contributed by atoms with Gasteiger partial charge < -0.3 is 19.5 Å². The third-order valence-corrected chi connectivity index (χ3v) is 9.75. The molecule has 2 heterocycles. The number of carbonyl (C=O) groups excluding carboxylic acids is 1. The molecule has 0 aromatic heterocycles. The second kappa shape index (κ2) is 6.86. The van der Waals surface area contributed by atoms with Crippen LogP contribution < -0.4 is 9.47 Å². The summed E-state index contributed by atoms with van der Waals surface area (Å²) in [7, 11) is 1.97. The number of fused-ring (bicyclic) bond motifs is 6. The maximum absolute atomic E-state index is 12.3. The molecule has 2 aliphatic heterocycles. The van der Waals surface area contributed by atoms with Gasteiger partial charge in [-0.15, -0.1) is 0 Å². The maximum Gasteiger partial charge on any atom is 0.246 e. The molecule has 5 aliphatic rings. The summed E-state index contributed by atoms with van der Waals surface area (Å²) in [6.45, 7) is 4.95. The number of amides is 1. The Balaban J connectivity index is 1.32. The van der Waals surface area contributed by atoms with Crippen molar-refractivity contribution in [2.24, 2.45) is 28.6 Å². The smallest absolute Gasteiger partial charge is 0.246 e. The largest absolute Gasteiger partial charge is 0.454 e. The number of hydrogen-bond acceptors (Lipinski definition) is 4. The first-order valence-corrected chi connectivity index (χ1v) is 12.1. The number of hydrogen-bond donors (Lipinski definition) is 1. The van der Waals surface area contributed by atoms with Crippen molar-refractivity contribution in [2.45, 2.75) is 58.1 Å². The molecule has 3 aliphatic carbocycles. The van der Waals surface area contributed by atoms with Crippen molar-refractivity contribution in [3.05, 3.63) is 41.5 Å². The van der Waals surface area contributed by atoms with E-state index in [1.807, 2.05) is 30.1 Å². The van der Waals surface area contributed by atoms with Crippen molar-refractivity contribution in [2.75, 3.05) is 13.8 Å². The van der Waals surface area contributed by atoms with Crippen molar-refractivity contribution >= 4 is 12.0 Å². The first-order chi connectivity index (χ1) is 15.3. The Kier molecular flexibility index (Phi) is 4.36. The molecular weight excluding hydrogens is 402 g/mol. The standard InChI is InChI=1S/C27H33NO4/c1-26-11-9-24(29)28(3)23(26)7-5-18-19(26)8-10-27(2)20(18)14-17(25(27)30)12-16-4-6-21-22(13-16)32-15-31-21/h4,6,9,11-13,18-20,23,25,30H,5,7-8,10,14-15H2,1-3H3/b17-12+/t18-,19+,20+,23-,25+,26-,27+/m1/s1. The number of aliphatic hydroxyl groups is 1. The normalized spacial score (nSPS) is 43.2. The molecular formula is C27H33NO4. The number of nitrogens with zero attached hydrogens (tertiary/aromatic N) is 1. The highest BCUT2D eigenvalue weighted by Crippen LogP contribution is 2.65. The molecule has 1 aromatic carbocycles. The highest BCUT2D eigenvalue weighted by atomic mass is 16.7. The summed E-state index contributed by atoms with van der Waals surface area (Å²) in [5.41, 5.74) is 2.16. The fraction of sp³-hybridized carbons (Fsp3) is 0.593. The lowest BCUT2D eigenvalue weighted by Crippen LogP contribution is -2.59. The Morgan fingerprint density at radius 2 is 1.94 bits per heavy atom. The topological polar surface area (TPSA) is 59.0 Å². The Bertz CT molecular complexity index is 1030. The summed E-state index contributed by atoms with van der Waals surface area (Å²) in [5, 5.41) is 11.5. The van der Waals surface area contributed by atoms with E-state index in [4.69, 9.17) is 9.47 Å². The number of aliphatic hydroxyl groups excluding tert-OH is 1. The van der Waals surface area contributed by atoms with E-state index in [-0.39, 0.29) is 23.5 Å².